The third-order valence-corrected chi connectivity index (χ3v) is 2.52. The molecule has 92 valence electrons. The zero-order valence-electron chi connectivity index (χ0n) is 10.4. The maximum atomic E-state index is 5.93. The van der Waals surface area contributed by atoms with Crippen LogP contribution in [-0.4, -0.2) is 17.9 Å². The predicted molar refractivity (Wildman–Crippen MR) is 72.4 cm³/mol. The summed E-state index contributed by atoms with van der Waals surface area (Å²) in [6.07, 6.45) is 1.64. The number of aromatic nitrogens is 1. The van der Waals surface area contributed by atoms with Crippen LogP contribution in [0.4, 0.5) is 5.69 Å². The lowest BCUT2D eigenvalue weighted by atomic mass is 10.2. The number of nitrogens with two attached hydrogens (primary N) is 1. The van der Waals surface area contributed by atoms with Gasteiger partial charge in [-0.05, 0) is 25.1 Å². The number of ether oxygens (including phenoxy) is 1. The third-order valence-electron chi connectivity index (χ3n) is 2.52. The second kappa shape index (κ2) is 5.31. The molecule has 0 fully saturated rings. The van der Waals surface area contributed by atoms with E-state index in [0.29, 0.717) is 11.7 Å². The number of hydrogen-bond acceptors (Lipinski definition) is 3. The summed E-state index contributed by atoms with van der Waals surface area (Å²) in [5.74, 6) is 0.996. The normalized spacial score (nSPS) is 11.3. The van der Waals surface area contributed by atoms with E-state index in [4.69, 9.17) is 10.5 Å². The summed E-state index contributed by atoms with van der Waals surface area (Å²) in [7, 11) is 1.58. The van der Waals surface area contributed by atoms with Crippen molar-refractivity contribution in [3.05, 3.63) is 53.7 Å². The molecule has 0 amide bonds. The number of aryl methyl sites for hydroxylation is 1. The standard InChI is InChI=1S/C14H15N3O/c1-10-3-6-12(7-4-10)17-14(15)11-5-8-13(18-2)16-9-11/h3-9H,1-2H3,(H2,15,17). The van der Waals surface area contributed by atoms with Crippen molar-refractivity contribution >= 4 is 11.5 Å². The fraction of sp³-hybridized carbons (Fsp3) is 0.143. The van der Waals surface area contributed by atoms with E-state index < -0.39 is 0 Å². The van der Waals surface area contributed by atoms with Crippen LogP contribution in [0.1, 0.15) is 11.1 Å². The maximum Gasteiger partial charge on any atom is 0.212 e. The molecular weight excluding hydrogens is 226 g/mol. The van der Waals surface area contributed by atoms with Gasteiger partial charge in [-0.15, -0.1) is 0 Å². The van der Waals surface area contributed by atoms with Crippen LogP contribution in [0.3, 0.4) is 0 Å². The minimum Gasteiger partial charge on any atom is -0.481 e. The highest BCUT2D eigenvalue weighted by Gasteiger charge is 2.00. The first-order valence-corrected chi connectivity index (χ1v) is 5.60. The van der Waals surface area contributed by atoms with Crippen LogP contribution in [0.25, 0.3) is 0 Å². The molecular formula is C14H15N3O. The summed E-state index contributed by atoms with van der Waals surface area (Å²) < 4.78 is 4.99. The van der Waals surface area contributed by atoms with Crippen LogP contribution in [0.2, 0.25) is 0 Å². The molecule has 0 atom stereocenters. The molecule has 2 rings (SSSR count). The monoisotopic (exact) mass is 241 g/mol. The molecule has 0 spiro atoms. The summed E-state index contributed by atoms with van der Waals surface area (Å²) in [4.78, 5) is 8.43. The topological polar surface area (TPSA) is 60.5 Å². The van der Waals surface area contributed by atoms with E-state index in [1.807, 2.05) is 37.3 Å². The first-order valence-electron chi connectivity index (χ1n) is 5.60. The quantitative estimate of drug-likeness (QED) is 0.663. The molecule has 0 bridgehead atoms. The van der Waals surface area contributed by atoms with E-state index in [-0.39, 0.29) is 0 Å². The Balaban J connectivity index is 2.23. The smallest absolute Gasteiger partial charge is 0.212 e. The lowest BCUT2D eigenvalue weighted by Crippen LogP contribution is -2.13. The lowest BCUT2D eigenvalue weighted by Gasteiger charge is -2.02. The van der Waals surface area contributed by atoms with Crippen molar-refractivity contribution in [3.63, 3.8) is 0 Å². The van der Waals surface area contributed by atoms with Gasteiger partial charge in [-0.3, -0.25) is 0 Å². The number of pyridine rings is 1. The van der Waals surface area contributed by atoms with Gasteiger partial charge in [0.25, 0.3) is 0 Å². The van der Waals surface area contributed by atoms with Crippen molar-refractivity contribution in [3.8, 4) is 5.88 Å². The molecule has 0 radical (unpaired) electrons. The minimum atomic E-state index is 0.439. The molecule has 4 heteroatoms. The zero-order chi connectivity index (χ0) is 13.0. The molecule has 0 saturated carbocycles. The Kier molecular flexibility index (Phi) is 3.57. The van der Waals surface area contributed by atoms with Gasteiger partial charge in [0.2, 0.25) is 5.88 Å². The van der Waals surface area contributed by atoms with Gasteiger partial charge in [-0.1, -0.05) is 17.7 Å². The van der Waals surface area contributed by atoms with Crippen LogP contribution >= 0.6 is 0 Å². The highest BCUT2D eigenvalue weighted by molar-refractivity contribution is 5.98. The molecule has 0 unspecified atom stereocenters. The van der Waals surface area contributed by atoms with E-state index in [0.717, 1.165) is 11.3 Å². The first-order chi connectivity index (χ1) is 8.69. The van der Waals surface area contributed by atoms with Crippen LogP contribution < -0.4 is 10.5 Å². The molecule has 0 aliphatic rings. The largest absolute Gasteiger partial charge is 0.481 e. The van der Waals surface area contributed by atoms with Crippen molar-refractivity contribution in [2.45, 2.75) is 6.92 Å². The Morgan fingerprint density at radius 2 is 1.89 bits per heavy atom. The Hall–Kier alpha value is -2.36. The zero-order valence-corrected chi connectivity index (χ0v) is 10.4. The Labute approximate surface area is 106 Å². The van der Waals surface area contributed by atoms with Gasteiger partial charge in [-0.25, -0.2) is 9.98 Å². The summed E-state index contributed by atoms with van der Waals surface area (Å²) in [5, 5.41) is 0. The maximum absolute atomic E-state index is 5.93. The number of rotatable bonds is 3. The van der Waals surface area contributed by atoms with Gasteiger partial charge in [0.15, 0.2) is 0 Å². The van der Waals surface area contributed by atoms with Crippen LogP contribution in [0.15, 0.2) is 47.6 Å². The Morgan fingerprint density at radius 3 is 2.44 bits per heavy atom. The van der Waals surface area contributed by atoms with Gasteiger partial charge in [0, 0.05) is 17.8 Å². The van der Waals surface area contributed by atoms with Crippen molar-refractivity contribution in [2.75, 3.05) is 7.11 Å². The van der Waals surface area contributed by atoms with Crippen LogP contribution in [0.5, 0.6) is 5.88 Å². The van der Waals surface area contributed by atoms with Crippen molar-refractivity contribution in [2.24, 2.45) is 10.7 Å². The third kappa shape index (κ3) is 2.85. The van der Waals surface area contributed by atoms with Crippen LogP contribution in [0, 0.1) is 6.92 Å². The molecule has 0 saturated heterocycles. The summed E-state index contributed by atoms with van der Waals surface area (Å²) in [6.45, 7) is 2.03. The predicted octanol–water partition coefficient (Wildman–Crippen LogP) is 2.44. The van der Waals surface area contributed by atoms with Gasteiger partial charge >= 0.3 is 0 Å². The molecule has 1 heterocycles. The van der Waals surface area contributed by atoms with Crippen LogP contribution in [-0.2, 0) is 0 Å². The van der Waals surface area contributed by atoms with Gasteiger partial charge in [0.1, 0.15) is 5.84 Å². The van der Waals surface area contributed by atoms with E-state index in [9.17, 15) is 0 Å². The van der Waals surface area contributed by atoms with E-state index in [1.165, 1.54) is 5.56 Å². The Morgan fingerprint density at radius 1 is 1.17 bits per heavy atom. The molecule has 4 nitrogen and oxygen atoms in total. The van der Waals surface area contributed by atoms with Gasteiger partial charge in [0.05, 0.1) is 12.8 Å². The Bertz CT molecular complexity index is 544. The number of methoxy groups -OCH3 is 1. The van der Waals surface area contributed by atoms with Crippen molar-refractivity contribution in [1.29, 1.82) is 0 Å². The van der Waals surface area contributed by atoms with Crippen molar-refractivity contribution in [1.82, 2.24) is 4.98 Å². The number of amidine groups is 1. The molecule has 0 aliphatic carbocycles. The number of aliphatic imine (C=N–C) groups is 1. The number of benzene rings is 1. The van der Waals surface area contributed by atoms with Gasteiger partial charge in [-0.2, -0.15) is 0 Å². The molecule has 0 aliphatic heterocycles. The number of hydrogen-bond donors (Lipinski definition) is 1. The average Bonchev–Trinajstić information content (AvgIpc) is 2.41. The van der Waals surface area contributed by atoms with Crippen molar-refractivity contribution < 1.29 is 4.74 Å². The second-order valence-corrected chi connectivity index (χ2v) is 3.92. The highest BCUT2D eigenvalue weighted by Crippen LogP contribution is 2.14. The molecule has 1 aromatic heterocycles. The SMILES string of the molecule is COc1ccc(C(N)=Nc2ccc(C)cc2)cn1. The molecule has 2 aromatic rings. The molecule has 2 N–H and O–H groups in total. The fourth-order valence-electron chi connectivity index (χ4n) is 1.48. The summed E-state index contributed by atoms with van der Waals surface area (Å²) in [5.41, 5.74) is 8.72. The summed E-state index contributed by atoms with van der Waals surface area (Å²) >= 11 is 0. The van der Waals surface area contributed by atoms with E-state index in [1.54, 1.807) is 19.4 Å². The lowest BCUT2D eigenvalue weighted by molar-refractivity contribution is 0.398. The second-order valence-electron chi connectivity index (χ2n) is 3.92. The first kappa shape index (κ1) is 12.1. The molecule has 18 heavy (non-hydrogen) atoms. The number of nitrogens with zero attached hydrogens (tertiary/aromatic N) is 2. The van der Waals surface area contributed by atoms with Gasteiger partial charge < -0.3 is 10.5 Å². The minimum absolute atomic E-state index is 0.439. The summed E-state index contributed by atoms with van der Waals surface area (Å²) in [6, 6.07) is 11.4. The van der Waals surface area contributed by atoms with E-state index >= 15 is 0 Å². The highest BCUT2D eigenvalue weighted by atomic mass is 16.5. The average molecular weight is 241 g/mol. The fourth-order valence-corrected chi connectivity index (χ4v) is 1.48. The molecule has 1 aromatic carbocycles. The van der Waals surface area contributed by atoms with E-state index in [2.05, 4.69) is 9.98 Å².